The molecule has 0 aliphatic carbocycles. The second-order valence-corrected chi connectivity index (χ2v) is 7.71. The number of nitrogens with one attached hydrogen (secondary N) is 2. The molecule has 0 saturated heterocycles. The van der Waals surface area contributed by atoms with Crippen LogP contribution in [-0.4, -0.2) is 41.2 Å². The first-order valence-electron chi connectivity index (χ1n) is 10.3. The van der Waals surface area contributed by atoms with E-state index in [1.54, 1.807) is 0 Å². The standard InChI is InChI=1S/C17H19N3O4.C4H10.C3H6O/c18-15(21)10-19-17(23)14(9-16(22)20-24)8-11-5-6-12-3-1-2-4-13(12)7-11;1-4(2)3;1-2-3-4/h1-7,14,24H,8-10H2,(H2,18,21)(H,19,23)(H,20,22);4H,1-3H3;2,4H,1,3H2. The summed E-state index contributed by atoms with van der Waals surface area (Å²) < 4.78 is 0. The van der Waals surface area contributed by atoms with Crippen LogP contribution in [0.25, 0.3) is 10.8 Å². The number of fused-ring (bicyclic) bond motifs is 1. The van der Waals surface area contributed by atoms with Crippen molar-refractivity contribution in [2.24, 2.45) is 17.6 Å². The molecule has 3 amide bonds. The molecular formula is C24H35N3O5. The summed E-state index contributed by atoms with van der Waals surface area (Å²) in [6.07, 6.45) is 1.52. The molecule has 2 aromatic rings. The molecular weight excluding hydrogens is 410 g/mol. The minimum absolute atomic E-state index is 0.0833. The van der Waals surface area contributed by atoms with Gasteiger partial charge in [0.15, 0.2) is 0 Å². The number of amides is 3. The fourth-order valence-corrected chi connectivity index (χ4v) is 2.50. The van der Waals surface area contributed by atoms with Gasteiger partial charge in [0.25, 0.3) is 0 Å². The van der Waals surface area contributed by atoms with Crippen LogP contribution in [-0.2, 0) is 20.8 Å². The average Bonchev–Trinajstić information content (AvgIpc) is 2.76. The highest BCUT2D eigenvalue weighted by molar-refractivity contribution is 5.89. The van der Waals surface area contributed by atoms with Crippen molar-refractivity contribution < 1.29 is 24.7 Å². The van der Waals surface area contributed by atoms with Crippen LogP contribution < -0.4 is 16.5 Å². The second kappa shape index (κ2) is 16.5. The normalized spacial score (nSPS) is 10.7. The number of aliphatic hydroxyl groups excluding tert-OH is 1. The highest BCUT2D eigenvalue weighted by Gasteiger charge is 2.22. The Balaban J connectivity index is 0.00000104. The Morgan fingerprint density at radius 1 is 1.09 bits per heavy atom. The molecule has 1 unspecified atom stereocenters. The molecule has 0 aliphatic heterocycles. The molecule has 1 atom stereocenters. The predicted molar refractivity (Wildman–Crippen MR) is 126 cm³/mol. The van der Waals surface area contributed by atoms with E-state index in [-0.39, 0.29) is 19.6 Å². The number of aliphatic hydroxyl groups is 1. The Kier molecular flexibility index (Phi) is 14.8. The smallest absolute Gasteiger partial charge is 0.244 e. The number of hydroxylamine groups is 1. The van der Waals surface area contributed by atoms with Crippen LogP contribution in [0.2, 0.25) is 0 Å². The summed E-state index contributed by atoms with van der Waals surface area (Å²) >= 11 is 0. The number of hydrogen-bond acceptors (Lipinski definition) is 5. The first kappa shape index (κ1) is 28.8. The van der Waals surface area contributed by atoms with Gasteiger partial charge in [-0.15, -0.1) is 6.58 Å². The maximum absolute atomic E-state index is 12.2. The summed E-state index contributed by atoms with van der Waals surface area (Å²) in [4.78, 5) is 34.4. The minimum Gasteiger partial charge on any atom is -0.392 e. The van der Waals surface area contributed by atoms with Crippen LogP contribution in [0.5, 0.6) is 0 Å². The molecule has 0 aromatic heterocycles. The number of hydrogen-bond donors (Lipinski definition) is 5. The molecule has 176 valence electrons. The molecule has 0 fully saturated rings. The van der Waals surface area contributed by atoms with Crippen molar-refractivity contribution in [1.82, 2.24) is 10.8 Å². The van der Waals surface area contributed by atoms with E-state index in [0.717, 1.165) is 22.3 Å². The van der Waals surface area contributed by atoms with Gasteiger partial charge >= 0.3 is 0 Å². The third kappa shape index (κ3) is 13.1. The van der Waals surface area contributed by atoms with Crippen LogP contribution in [0.3, 0.4) is 0 Å². The fraction of sp³-hybridized carbons (Fsp3) is 0.375. The quantitative estimate of drug-likeness (QED) is 0.241. The number of carbonyl (C=O) groups is 3. The third-order valence-corrected chi connectivity index (χ3v) is 3.79. The number of nitrogens with two attached hydrogens (primary N) is 1. The molecule has 8 heteroatoms. The lowest BCUT2D eigenvalue weighted by Crippen LogP contribution is -2.39. The van der Waals surface area contributed by atoms with E-state index in [1.165, 1.54) is 11.6 Å². The Bertz CT molecular complexity index is 865. The average molecular weight is 446 g/mol. The van der Waals surface area contributed by atoms with Crippen LogP contribution >= 0.6 is 0 Å². The van der Waals surface area contributed by atoms with Gasteiger partial charge in [-0.1, -0.05) is 69.3 Å². The second-order valence-electron chi connectivity index (χ2n) is 7.71. The lowest BCUT2D eigenvalue weighted by atomic mass is 9.93. The summed E-state index contributed by atoms with van der Waals surface area (Å²) in [6.45, 7) is 9.51. The van der Waals surface area contributed by atoms with Crippen LogP contribution in [0, 0.1) is 11.8 Å². The number of carbonyl (C=O) groups excluding carboxylic acids is 3. The Morgan fingerprint density at radius 3 is 2.16 bits per heavy atom. The summed E-state index contributed by atoms with van der Waals surface area (Å²) in [5.41, 5.74) is 7.40. The lowest BCUT2D eigenvalue weighted by Gasteiger charge is -2.16. The van der Waals surface area contributed by atoms with E-state index < -0.39 is 23.6 Å². The van der Waals surface area contributed by atoms with Crippen molar-refractivity contribution in [1.29, 1.82) is 0 Å². The van der Waals surface area contributed by atoms with Crippen molar-refractivity contribution in [3.8, 4) is 0 Å². The van der Waals surface area contributed by atoms with Gasteiger partial charge < -0.3 is 16.2 Å². The molecule has 0 radical (unpaired) electrons. The Hall–Kier alpha value is -3.23. The molecule has 0 bridgehead atoms. The van der Waals surface area contributed by atoms with Gasteiger partial charge in [-0.05, 0) is 28.7 Å². The van der Waals surface area contributed by atoms with Gasteiger partial charge in [0.05, 0.1) is 19.1 Å². The molecule has 2 rings (SSSR count). The van der Waals surface area contributed by atoms with Gasteiger partial charge in [0.1, 0.15) is 0 Å². The zero-order chi connectivity index (χ0) is 24.5. The maximum atomic E-state index is 12.2. The van der Waals surface area contributed by atoms with Crippen LogP contribution in [0.4, 0.5) is 0 Å². The van der Waals surface area contributed by atoms with Gasteiger partial charge in [-0.25, -0.2) is 5.48 Å². The van der Waals surface area contributed by atoms with Crippen molar-refractivity contribution in [2.45, 2.75) is 33.6 Å². The molecule has 0 spiro atoms. The Morgan fingerprint density at radius 2 is 1.66 bits per heavy atom. The van der Waals surface area contributed by atoms with E-state index >= 15 is 0 Å². The third-order valence-electron chi connectivity index (χ3n) is 3.79. The maximum Gasteiger partial charge on any atom is 0.244 e. The van der Waals surface area contributed by atoms with Gasteiger partial charge in [-0.2, -0.15) is 0 Å². The van der Waals surface area contributed by atoms with E-state index in [9.17, 15) is 14.4 Å². The lowest BCUT2D eigenvalue weighted by molar-refractivity contribution is -0.135. The highest BCUT2D eigenvalue weighted by atomic mass is 16.5. The molecule has 6 N–H and O–H groups in total. The first-order chi connectivity index (χ1) is 15.1. The van der Waals surface area contributed by atoms with Gasteiger partial charge in [0.2, 0.25) is 17.7 Å². The van der Waals surface area contributed by atoms with Crippen molar-refractivity contribution in [3.63, 3.8) is 0 Å². The van der Waals surface area contributed by atoms with E-state index in [2.05, 4.69) is 32.7 Å². The minimum atomic E-state index is -0.724. The molecule has 32 heavy (non-hydrogen) atoms. The van der Waals surface area contributed by atoms with Gasteiger partial charge in [0, 0.05) is 6.42 Å². The Labute approximate surface area is 189 Å². The summed E-state index contributed by atoms with van der Waals surface area (Å²) in [5, 5.41) is 20.9. The van der Waals surface area contributed by atoms with Crippen molar-refractivity contribution in [3.05, 3.63) is 60.7 Å². The van der Waals surface area contributed by atoms with Crippen LogP contribution in [0.1, 0.15) is 32.8 Å². The number of primary amides is 1. The molecule has 0 saturated carbocycles. The van der Waals surface area contributed by atoms with Crippen molar-refractivity contribution >= 4 is 28.5 Å². The summed E-state index contributed by atoms with van der Waals surface area (Å²) in [5.74, 6) is -1.70. The molecule has 0 aliphatic rings. The summed E-state index contributed by atoms with van der Waals surface area (Å²) in [6, 6.07) is 13.6. The SMILES string of the molecule is C=CCO.CC(C)C.NC(=O)CNC(=O)C(CC(=O)NO)Cc1ccc2ccccc2c1. The summed E-state index contributed by atoms with van der Waals surface area (Å²) in [7, 11) is 0. The molecule has 8 nitrogen and oxygen atoms in total. The first-order valence-corrected chi connectivity index (χ1v) is 10.3. The van der Waals surface area contributed by atoms with E-state index in [4.69, 9.17) is 16.0 Å². The van der Waals surface area contributed by atoms with E-state index in [1.807, 2.05) is 42.5 Å². The van der Waals surface area contributed by atoms with Crippen molar-refractivity contribution in [2.75, 3.05) is 13.2 Å². The van der Waals surface area contributed by atoms with Crippen LogP contribution in [0.15, 0.2) is 55.1 Å². The highest BCUT2D eigenvalue weighted by Crippen LogP contribution is 2.19. The topological polar surface area (TPSA) is 142 Å². The predicted octanol–water partition coefficient (Wildman–Crippen LogP) is 2.32. The number of benzene rings is 2. The van der Waals surface area contributed by atoms with Gasteiger partial charge in [-0.3, -0.25) is 19.6 Å². The zero-order valence-corrected chi connectivity index (χ0v) is 19.0. The monoisotopic (exact) mass is 445 g/mol. The number of rotatable bonds is 8. The molecule has 0 heterocycles. The zero-order valence-electron chi connectivity index (χ0n) is 19.0. The largest absolute Gasteiger partial charge is 0.392 e. The van der Waals surface area contributed by atoms with E-state index in [0.29, 0.717) is 6.42 Å². The fourth-order valence-electron chi connectivity index (χ4n) is 2.50. The molecule has 2 aromatic carbocycles.